The second-order valence-electron chi connectivity index (χ2n) is 5.75. The summed E-state index contributed by atoms with van der Waals surface area (Å²) in [4.78, 5) is 14.9. The second kappa shape index (κ2) is 5.78. The quantitative estimate of drug-likeness (QED) is 0.807. The summed E-state index contributed by atoms with van der Waals surface area (Å²) in [5.74, 6) is 0. The molecule has 0 fully saturated rings. The SMILES string of the molecule is CCCCC1(CO)c2cc(Cl)ccc2Nc2c1cc[nH]c2=O. The molecule has 0 spiro atoms. The summed E-state index contributed by atoms with van der Waals surface area (Å²) in [5, 5.41) is 14.1. The first-order chi connectivity index (χ1) is 10.6. The molecule has 2 aromatic rings. The van der Waals surface area contributed by atoms with Crippen LogP contribution in [0.3, 0.4) is 0 Å². The van der Waals surface area contributed by atoms with Gasteiger partial charge in [-0.1, -0.05) is 31.4 Å². The molecule has 0 saturated heterocycles. The minimum absolute atomic E-state index is 0.0571. The minimum Gasteiger partial charge on any atom is -0.395 e. The smallest absolute Gasteiger partial charge is 0.271 e. The van der Waals surface area contributed by atoms with Gasteiger partial charge in [-0.25, -0.2) is 0 Å². The fourth-order valence-corrected chi connectivity index (χ4v) is 3.47. The van der Waals surface area contributed by atoms with E-state index in [1.165, 1.54) is 0 Å². The van der Waals surface area contributed by atoms with Crippen molar-refractivity contribution in [2.75, 3.05) is 11.9 Å². The third-order valence-corrected chi connectivity index (χ3v) is 4.70. The number of fused-ring (bicyclic) bond motifs is 2. The average Bonchev–Trinajstić information content (AvgIpc) is 2.53. The molecule has 5 heteroatoms. The molecule has 1 unspecified atom stereocenters. The van der Waals surface area contributed by atoms with E-state index in [0.29, 0.717) is 10.7 Å². The van der Waals surface area contributed by atoms with E-state index >= 15 is 0 Å². The first-order valence-corrected chi connectivity index (χ1v) is 7.90. The fourth-order valence-electron chi connectivity index (χ4n) is 3.30. The van der Waals surface area contributed by atoms with Crippen molar-refractivity contribution in [2.24, 2.45) is 0 Å². The van der Waals surface area contributed by atoms with E-state index in [-0.39, 0.29) is 12.2 Å². The molecule has 0 bridgehead atoms. The topological polar surface area (TPSA) is 65.1 Å². The average molecular weight is 319 g/mol. The van der Waals surface area contributed by atoms with Crippen LogP contribution >= 0.6 is 11.6 Å². The Hall–Kier alpha value is -1.78. The van der Waals surface area contributed by atoms with Crippen LogP contribution in [0.2, 0.25) is 5.02 Å². The van der Waals surface area contributed by atoms with Gasteiger partial charge in [-0.2, -0.15) is 0 Å². The van der Waals surface area contributed by atoms with Gasteiger partial charge in [0.25, 0.3) is 5.56 Å². The molecule has 0 aliphatic carbocycles. The Morgan fingerprint density at radius 1 is 1.27 bits per heavy atom. The maximum absolute atomic E-state index is 12.2. The Kier molecular flexibility index (Phi) is 3.98. The highest BCUT2D eigenvalue weighted by molar-refractivity contribution is 6.30. The van der Waals surface area contributed by atoms with Gasteiger partial charge >= 0.3 is 0 Å². The van der Waals surface area contributed by atoms with Crippen LogP contribution < -0.4 is 10.9 Å². The highest BCUT2D eigenvalue weighted by Crippen LogP contribution is 2.47. The summed E-state index contributed by atoms with van der Waals surface area (Å²) >= 11 is 6.18. The summed E-state index contributed by atoms with van der Waals surface area (Å²) < 4.78 is 0. The number of benzene rings is 1. The van der Waals surface area contributed by atoms with Crippen LogP contribution in [0.4, 0.5) is 11.4 Å². The summed E-state index contributed by atoms with van der Waals surface area (Å²) in [6.07, 6.45) is 4.38. The molecule has 3 rings (SSSR count). The number of pyridine rings is 1. The molecule has 116 valence electrons. The summed E-state index contributed by atoms with van der Waals surface area (Å²) in [6, 6.07) is 7.42. The maximum Gasteiger partial charge on any atom is 0.271 e. The van der Waals surface area contributed by atoms with Crippen LogP contribution in [-0.4, -0.2) is 16.7 Å². The zero-order valence-electron chi connectivity index (χ0n) is 12.4. The number of halogens is 1. The Morgan fingerprint density at radius 2 is 2.09 bits per heavy atom. The van der Waals surface area contributed by atoms with Crippen LogP contribution in [0.15, 0.2) is 35.3 Å². The molecular formula is C17H19ClN2O2. The van der Waals surface area contributed by atoms with Gasteiger partial charge in [0.1, 0.15) is 5.69 Å². The molecule has 0 saturated carbocycles. The number of aromatic amines is 1. The predicted molar refractivity (Wildman–Crippen MR) is 89.2 cm³/mol. The molecule has 1 atom stereocenters. The number of rotatable bonds is 4. The Balaban J connectivity index is 2.29. The van der Waals surface area contributed by atoms with Crippen LogP contribution in [-0.2, 0) is 5.41 Å². The minimum atomic E-state index is -0.592. The van der Waals surface area contributed by atoms with E-state index in [2.05, 4.69) is 17.2 Å². The third-order valence-electron chi connectivity index (χ3n) is 4.46. The number of hydrogen-bond donors (Lipinski definition) is 3. The van der Waals surface area contributed by atoms with Crippen molar-refractivity contribution >= 4 is 23.0 Å². The van der Waals surface area contributed by atoms with Crippen LogP contribution in [0.5, 0.6) is 0 Å². The first-order valence-electron chi connectivity index (χ1n) is 7.52. The lowest BCUT2D eigenvalue weighted by Gasteiger charge is -2.39. The molecule has 1 aliphatic heterocycles. The molecule has 22 heavy (non-hydrogen) atoms. The van der Waals surface area contributed by atoms with E-state index in [9.17, 15) is 9.90 Å². The highest BCUT2D eigenvalue weighted by Gasteiger charge is 2.41. The Labute approximate surface area is 134 Å². The highest BCUT2D eigenvalue weighted by atomic mass is 35.5. The van der Waals surface area contributed by atoms with Crippen molar-refractivity contribution in [3.05, 3.63) is 57.0 Å². The van der Waals surface area contributed by atoms with Gasteiger partial charge in [-0.3, -0.25) is 4.79 Å². The molecule has 1 aromatic heterocycles. The number of unbranched alkanes of at least 4 members (excludes halogenated alkanes) is 1. The molecular weight excluding hydrogens is 300 g/mol. The molecule has 1 aliphatic rings. The van der Waals surface area contributed by atoms with Gasteiger partial charge in [0.05, 0.1) is 6.61 Å². The summed E-state index contributed by atoms with van der Waals surface area (Å²) in [5.41, 5.74) is 2.37. The number of nitrogens with one attached hydrogen (secondary N) is 2. The zero-order chi connectivity index (χ0) is 15.7. The van der Waals surface area contributed by atoms with Crippen molar-refractivity contribution in [2.45, 2.75) is 31.6 Å². The van der Waals surface area contributed by atoms with Crippen LogP contribution in [0.1, 0.15) is 37.3 Å². The lowest BCUT2D eigenvalue weighted by molar-refractivity contribution is 0.208. The second-order valence-corrected chi connectivity index (χ2v) is 6.19. The van der Waals surface area contributed by atoms with Gasteiger partial charge in [-0.15, -0.1) is 0 Å². The lowest BCUT2D eigenvalue weighted by atomic mass is 9.69. The number of anilines is 2. The van der Waals surface area contributed by atoms with Crippen molar-refractivity contribution < 1.29 is 5.11 Å². The van der Waals surface area contributed by atoms with E-state index in [0.717, 1.165) is 36.1 Å². The number of hydrogen-bond acceptors (Lipinski definition) is 3. The molecule has 4 nitrogen and oxygen atoms in total. The number of aliphatic hydroxyl groups excluding tert-OH is 1. The monoisotopic (exact) mass is 318 g/mol. The van der Waals surface area contributed by atoms with Crippen LogP contribution in [0, 0.1) is 0 Å². The zero-order valence-corrected chi connectivity index (χ0v) is 13.2. The maximum atomic E-state index is 12.2. The van der Waals surface area contributed by atoms with E-state index in [1.807, 2.05) is 18.2 Å². The van der Waals surface area contributed by atoms with Crippen molar-refractivity contribution in [3.63, 3.8) is 0 Å². The largest absolute Gasteiger partial charge is 0.395 e. The number of H-pyrrole nitrogens is 1. The third kappa shape index (κ3) is 2.23. The van der Waals surface area contributed by atoms with Gasteiger partial charge < -0.3 is 15.4 Å². The van der Waals surface area contributed by atoms with Crippen LogP contribution in [0.25, 0.3) is 0 Å². The van der Waals surface area contributed by atoms with Crippen molar-refractivity contribution in [1.29, 1.82) is 0 Å². The Bertz CT molecular complexity index is 757. The molecule has 3 N–H and O–H groups in total. The summed E-state index contributed by atoms with van der Waals surface area (Å²) in [6.45, 7) is 2.06. The lowest BCUT2D eigenvalue weighted by Crippen LogP contribution is -2.38. The van der Waals surface area contributed by atoms with Gasteiger partial charge in [-0.05, 0) is 41.8 Å². The van der Waals surface area contributed by atoms with E-state index in [4.69, 9.17) is 11.6 Å². The van der Waals surface area contributed by atoms with Crippen molar-refractivity contribution in [1.82, 2.24) is 4.98 Å². The normalized spacial score (nSPS) is 19.2. The standard InChI is InChI=1S/C17H19ClN2O2/c1-2-3-7-17(10-21)12-6-8-19-16(22)15(12)20-14-5-4-11(18)9-13(14)17/h4-6,8-9,20-21H,2-3,7,10H2,1H3,(H,19,22). The molecule has 2 heterocycles. The van der Waals surface area contributed by atoms with E-state index in [1.54, 1.807) is 12.3 Å². The Morgan fingerprint density at radius 3 is 2.82 bits per heavy atom. The number of aliphatic hydroxyl groups is 1. The molecule has 0 amide bonds. The summed E-state index contributed by atoms with van der Waals surface area (Å²) in [7, 11) is 0. The number of aromatic nitrogens is 1. The fraction of sp³-hybridized carbons (Fsp3) is 0.353. The van der Waals surface area contributed by atoms with Crippen molar-refractivity contribution in [3.8, 4) is 0 Å². The molecule has 0 radical (unpaired) electrons. The van der Waals surface area contributed by atoms with Gasteiger partial charge in [0.15, 0.2) is 0 Å². The van der Waals surface area contributed by atoms with Gasteiger partial charge in [0, 0.05) is 22.3 Å². The predicted octanol–water partition coefficient (Wildman–Crippen LogP) is 3.55. The first kappa shape index (κ1) is 15.1. The molecule has 1 aromatic carbocycles. The van der Waals surface area contributed by atoms with E-state index < -0.39 is 5.41 Å². The van der Waals surface area contributed by atoms with Gasteiger partial charge in [0.2, 0.25) is 0 Å².